The Bertz CT molecular complexity index is 857. The summed E-state index contributed by atoms with van der Waals surface area (Å²) in [5, 5.41) is 0. The first-order chi connectivity index (χ1) is 12.1. The molecule has 0 saturated carbocycles. The molecular formula is C20H21FN2O2. The fourth-order valence-corrected chi connectivity index (χ4v) is 4.03. The second kappa shape index (κ2) is 6.47. The summed E-state index contributed by atoms with van der Waals surface area (Å²) in [6.45, 7) is 0.668. The van der Waals surface area contributed by atoms with Gasteiger partial charge in [-0.3, -0.25) is 9.59 Å². The number of rotatable bonds is 3. The third kappa shape index (κ3) is 3.11. The van der Waals surface area contributed by atoms with Gasteiger partial charge in [0.25, 0.3) is 11.5 Å². The molecule has 2 heterocycles. The van der Waals surface area contributed by atoms with Gasteiger partial charge in [0.2, 0.25) is 0 Å². The van der Waals surface area contributed by atoms with Crippen LogP contribution in [0, 0.1) is 5.82 Å². The lowest BCUT2D eigenvalue weighted by Gasteiger charge is -2.25. The van der Waals surface area contributed by atoms with Gasteiger partial charge < -0.3 is 9.88 Å². The minimum absolute atomic E-state index is 0.0608. The Labute approximate surface area is 145 Å². The number of benzene rings is 1. The third-order valence-electron chi connectivity index (χ3n) is 5.34. The molecule has 25 heavy (non-hydrogen) atoms. The van der Waals surface area contributed by atoms with E-state index in [0.29, 0.717) is 13.0 Å². The molecule has 0 spiro atoms. The molecule has 1 N–H and O–H groups in total. The molecule has 130 valence electrons. The molecule has 0 bridgehead atoms. The lowest BCUT2D eigenvalue weighted by molar-refractivity contribution is 0.0734. The van der Waals surface area contributed by atoms with E-state index >= 15 is 0 Å². The second-order valence-corrected chi connectivity index (χ2v) is 6.99. The van der Waals surface area contributed by atoms with Crippen LogP contribution >= 0.6 is 0 Å². The van der Waals surface area contributed by atoms with E-state index < -0.39 is 0 Å². The molecule has 4 nitrogen and oxygen atoms in total. The van der Waals surface area contributed by atoms with Crippen LogP contribution in [0.3, 0.4) is 0 Å². The Morgan fingerprint density at radius 3 is 2.80 bits per heavy atom. The Morgan fingerprint density at radius 2 is 2.00 bits per heavy atom. The summed E-state index contributed by atoms with van der Waals surface area (Å²) in [5.41, 5.74) is 3.06. The fraction of sp³-hybridized carbons (Fsp3) is 0.400. The molecule has 4 rings (SSSR count). The van der Waals surface area contributed by atoms with E-state index in [4.69, 9.17) is 0 Å². The van der Waals surface area contributed by atoms with Crippen LogP contribution in [0.4, 0.5) is 4.39 Å². The van der Waals surface area contributed by atoms with Crippen LogP contribution in [0.15, 0.2) is 35.1 Å². The predicted molar refractivity (Wildman–Crippen MR) is 93.3 cm³/mol. The van der Waals surface area contributed by atoms with Crippen molar-refractivity contribution in [3.8, 4) is 0 Å². The lowest BCUT2D eigenvalue weighted by atomic mass is 10.0. The molecule has 1 aromatic heterocycles. The Balaban J connectivity index is 1.57. The summed E-state index contributed by atoms with van der Waals surface area (Å²) >= 11 is 0. The standard InChI is InChI=1S/C20H21FN2O2/c21-15-8-6-13(7-9-15)11-16-4-2-10-23(16)20(25)17-12-14-3-1-5-18(14)22-19(17)24/h6-9,12,16H,1-5,10-11H2,(H,22,24)/t16-/m0/s1. The van der Waals surface area contributed by atoms with Gasteiger partial charge in [0.15, 0.2) is 0 Å². The van der Waals surface area contributed by atoms with Crippen molar-refractivity contribution < 1.29 is 9.18 Å². The number of carbonyl (C=O) groups is 1. The minimum atomic E-state index is -0.280. The Morgan fingerprint density at radius 1 is 1.20 bits per heavy atom. The van der Waals surface area contributed by atoms with Crippen LogP contribution in [0.1, 0.15) is 46.4 Å². The summed E-state index contributed by atoms with van der Waals surface area (Å²) in [6, 6.07) is 8.27. The van der Waals surface area contributed by atoms with Gasteiger partial charge in [0.05, 0.1) is 0 Å². The highest BCUT2D eigenvalue weighted by Crippen LogP contribution is 2.24. The smallest absolute Gasteiger partial charge is 0.261 e. The number of H-pyrrole nitrogens is 1. The van der Waals surface area contributed by atoms with Gasteiger partial charge in [-0.15, -0.1) is 0 Å². The molecule has 5 heteroatoms. The second-order valence-electron chi connectivity index (χ2n) is 6.99. The summed E-state index contributed by atoms with van der Waals surface area (Å²) in [5.74, 6) is -0.437. The van der Waals surface area contributed by atoms with Crippen LogP contribution in [-0.2, 0) is 19.3 Å². The number of hydrogen-bond donors (Lipinski definition) is 1. The zero-order valence-corrected chi connectivity index (χ0v) is 14.1. The lowest BCUT2D eigenvalue weighted by Crippen LogP contribution is -2.39. The van der Waals surface area contributed by atoms with Crippen molar-refractivity contribution in [1.82, 2.24) is 9.88 Å². The van der Waals surface area contributed by atoms with Gasteiger partial charge in [-0.05, 0) is 67.9 Å². The van der Waals surface area contributed by atoms with E-state index in [2.05, 4.69) is 4.98 Å². The van der Waals surface area contributed by atoms with Gasteiger partial charge in [0.1, 0.15) is 11.4 Å². The molecule has 2 aromatic rings. The van der Waals surface area contributed by atoms with E-state index in [1.54, 1.807) is 18.2 Å². The van der Waals surface area contributed by atoms with E-state index in [-0.39, 0.29) is 28.9 Å². The van der Waals surface area contributed by atoms with Gasteiger partial charge in [-0.1, -0.05) is 12.1 Å². The van der Waals surface area contributed by atoms with E-state index in [0.717, 1.165) is 48.9 Å². The number of pyridine rings is 1. The Hall–Kier alpha value is -2.43. The van der Waals surface area contributed by atoms with Crippen molar-refractivity contribution in [2.45, 2.75) is 44.6 Å². The molecule has 2 aliphatic rings. The quantitative estimate of drug-likeness (QED) is 0.934. The topological polar surface area (TPSA) is 53.2 Å². The summed E-state index contributed by atoms with van der Waals surface area (Å²) in [4.78, 5) is 30.0. The SMILES string of the molecule is O=C(c1cc2c([nH]c1=O)CCC2)N1CCC[C@H]1Cc1ccc(F)cc1. The van der Waals surface area contributed by atoms with Crippen LogP contribution in [0.5, 0.6) is 0 Å². The molecule has 0 unspecified atom stereocenters. The van der Waals surface area contributed by atoms with E-state index in [1.807, 2.05) is 4.90 Å². The highest BCUT2D eigenvalue weighted by Gasteiger charge is 2.31. The van der Waals surface area contributed by atoms with Crippen molar-refractivity contribution in [3.63, 3.8) is 0 Å². The monoisotopic (exact) mass is 340 g/mol. The number of aromatic nitrogens is 1. The van der Waals surface area contributed by atoms with Crippen molar-refractivity contribution in [2.24, 2.45) is 0 Å². The average Bonchev–Trinajstić information content (AvgIpc) is 3.24. The molecule has 1 aromatic carbocycles. The predicted octanol–water partition coefficient (Wildman–Crippen LogP) is 2.85. The van der Waals surface area contributed by atoms with E-state index in [1.165, 1.54) is 12.1 Å². The highest BCUT2D eigenvalue weighted by atomic mass is 19.1. The molecule has 1 fully saturated rings. The number of likely N-dealkylation sites (tertiary alicyclic amines) is 1. The van der Waals surface area contributed by atoms with Crippen molar-refractivity contribution in [1.29, 1.82) is 0 Å². The number of nitrogens with zero attached hydrogens (tertiary/aromatic N) is 1. The largest absolute Gasteiger partial charge is 0.335 e. The third-order valence-corrected chi connectivity index (χ3v) is 5.34. The maximum atomic E-state index is 13.1. The molecule has 0 radical (unpaired) electrons. The zero-order chi connectivity index (χ0) is 17.4. The highest BCUT2D eigenvalue weighted by molar-refractivity contribution is 5.94. The first-order valence-electron chi connectivity index (χ1n) is 8.92. The zero-order valence-electron chi connectivity index (χ0n) is 14.1. The van der Waals surface area contributed by atoms with Crippen molar-refractivity contribution in [2.75, 3.05) is 6.54 Å². The first kappa shape index (κ1) is 16.1. The normalized spacial score (nSPS) is 19.2. The Kier molecular flexibility index (Phi) is 4.15. The van der Waals surface area contributed by atoms with Crippen LogP contribution in [0.25, 0.3) is 0 Å². The van der Waals surface area contributed by atoms with Crippen LogP contribution in [-0.4, -0.2) is 28.4 Å². The molecule has 1 atom stereocenters. The molecule has 1 aliphatic heterocycles. The molecule has 1 aliphatic carbocycles. The van der Waals surface area contributed by atoms with E-state index in [9.17, 15) is 14.0 Å². The number of fused-ring (bicyclic) bond motifs is 1. The fourth-order valence-electron chi connectivity index (χ4n) is 4.03. The van der Waals surface area contributed by atoms with Gasteiger partial charge in [0, 0.05) is 18.3 Å². The van der Waals surface area contributed by atoms with Crippen LogP contribution < -0.4 is 5.56 Å². The number of carbonyl (C=O) groups excluding carboxylic acids is 1. The van der Waals surface area contributed by atoms with Gasteiger partial charge >= 0.3 is 0 Å². The number of aryl methyl sites for hydroxylation is 2. The number of nitrogens with one attached hydrogen (secondary N) is 1. The summed E-state index contributed by atoms with van der Waals surface area (Å²) < 4.78 is 13.1. The van der Waals surface area contributed by atoms with Crippen molar-refractivity contribution >= 4 is 5.91 Å². The number of halogens is 1. The summed E-state index contributed by atoms with van der Waals surface area (Å²) in [6.07, 6.45) is 5.36. The molecule has 1 saturated heterocycles. The maximum Gasteiger partial charge on any atom is 0.261 e. The van der Waals surface area contributed by atoms with Gasteiger partial charge in [-0.2, -0.15) is 0 Å². The molecule has 1 amide bonds. The van der Waals surface area contributed by atoms with Crippen molar-refractivity contribution in [3.05, 3.63) is 68.9 Å². The number of amides is 1. The molecular weight excluding hydrogens is 319 g/mol. The minimum Gasteiger partial charge on any atom is -0.335 e. The first-order valence-corrected chi connectivity index (χ1v) is 8.92. The number of hydrogen-bond acceptors (Lipinski definition) is 2. The maximum absolute atomic E-state index is 13.1. The van der Waals surface area contributed by atoms with Crippen LogP contribution in [0.2, 0.25) is 0 Å². The average molecular weight is 340 g/mol. The summed E-state index contributed by atoms with van der Waals surface area (Å²) in [7, 11) is 0. The van der Waals surface area contributed by atoms with Gasteiger partial charge in [-0.25, -0.2) is 4.39 Å². The number of aromatic amines is 1.